The average molecular weight is 369 g/mol. The smallest absolute Gasteiger partial charge is 0.262 e. The number of hydrogen-bond acceptors (Lipinski definition) is 4. The summed E-state index contributed by atoms with van der Waals surface area (Å²) < 4.78 is 1.95. The molecule has 7 heteroatoms. The lowest BCUT2D eigenvalue weighted by Gasteiger charge is -2.39. The van der Waals surface area contributed by atoms with Gasteiger partial charge in [-0.1, -0.05) is 12.8 Å². The monoisotopic (exact) mass is 369 g/mol. The van der Waals surface area contributed by atoms with Gasteiger partial charge in [0.2, 0.25) is 5.91 Å². The minimum Gasteiger partial charge on any atom is -0.342 e. The summed E-state index contributed by atoms with van der Waals surface area (Å²) in [7, 11) is 0. The Balaban J connectivity index is 1.45. The van der Waals surface area contributed by atoms with E-state index >= 15 is 0 Å². The number of likely N-dealkylation sites (tertiary alicyclic amines) is 1. The van der Waals surface area contributed by atoms with Crippen molar-refractivity contribution < 1.29 is 4.79 Å². The normalized spacial score (nSPS) is 26.4. The Morgan fingerprint density at radius 1 is 1.04 bits per heavy atom. The second-order valence-corrected chi connectivity index (χ2v) is 8.39. The molecule has 1 saturated heterocycles. The summed E-state index contributed by atoms with van der Waals surface area (Å²) in [5.74, 6) is 0.918. The van der Waals surface area contributed by atoms with E-state index in [4.69, 9.17) is 4.98 Å². The molecule has 5 rings (SSSR count). The highest BCUT2D eigenvalue weighted by Crippen LogP contribution is 2.42. The summed E-state index contributed by atoms with van der Waals surface area (Å²) in [6, 6.07) is 0.344. The molecule has 2 aromatic heterocycles. The fourth-order valence-electron chi connectivity index (χ4n) is 5.02. The first-order valence-electron chi connectivity index (χ1n) is 10.5. The van der Waals surface area contributed by atoms with Crippen LogP contribution >= 0.6 is 0 Å². The second-order valence-electron chi connectivity index (χ2n) is 8.39. The molecule has 3 heterocycles. The first-order valence-corrected chi connectivity index (χ1v) is 10.5. The summed E-state index contributed by atoms with van der Waals surface area (Å²) >= 11 is 0. The second kappa shape index (κ2) is 6.77. The van der Waals surface area contributed by atoms with E-state index in [1.165, 1.54) is 19.3 Å². The van der Waals surface area contributed by atoms with E-state index in [2.05, 4.69) is 10.1 Å². The van der Waals surface area contributed by atoms with Crippen molar-refractivity contribution >= 4 is 16.9 Å². The topological polar surface area (TPSA) is 83.9 Å². The zero-order valence-corrected chi connectivity index (χ0v) is 15.7. The van der Waals surface area contributed by atoms with Crippen LogP contribution in [-0.2, 0) is 4.79 Å². The SMILES string of the molecule is O=C([C@H]1CC[C@@H]1c1nc2c(cnn2C2CCCC2)c(=O)[nH]1)N1CCCCC1. The Morgan fingerprint density at radius 2 is 1.81 bits per heavy atom. The number of carbonyl (C=O) groups is 1. The standard InChI is InChI=1S/C20H27N5O2/c26-19-16-12-21-25(13-6-2-3-7-13)18(16)22-17(23-19)14-8-9-15(14)20(27)24-10-4-1-5-11-24/h12-15H,1-11H2,(H,22,23,26)/t14-,15-/m0/s1. The molecule has 3 aliphatic rings. The van der Waals surface area contributed by atoms with E-state index in [1.807, 2.05) is 9.58 Å². The molecular formula is C20H27N5O2. The number of piperidine rings is 1. The van der Waals surface area contributed by atoms with Gasteiger partial charge in [0.1, 0.15) is 11.2 Å². The summed E-state index contributed by atoms with van der Waals surface area (Å²) in [6.07, 6.45) is 11.5. The van der Waals surface area contributed by atoms with Gasteiger partial charge < -0.3 is 9.88 Å². The van der Waals surface area contributed by atoms with E-state index in [0.717, 1.165) is 51.6 Å². The van der Waals surface area contributed by atoms with Crippen molar-refractivity contribution in [1.82, 2.24) is 24.6 Å². The Labute approximate surface area is 158 Å². The Hall–Kier alpha value is -2.18. The number of H-pyrrole nitrogens is 1. The van der Waals surface area contributed by atoms with Gasteiger partial charge in [-0.05, 0) is 44.9 Å². The predicted octanol–water partition coefficient (Wildman–Crippen LogP) is 2.74. The lowest BCUT2D eigenvalue weighted by molar-refractivity contribution is -0.140. The lowest BCUT2D eigenvalue weighted by Crippen LogP contribution is -2.45. The molecule has 0 aromatic carbocycles. The van der Waals surface area contributed by atoms with Crippen LogP contribution in [0.2, 0.25) is 0 Å². The van der Waals surface area contributed by atoms with Crippen molar-refractivity contribution in [1.29, 1.82) is 0 Å². The summed E-state index contributed by atoms with van der Waals surface area (Å²) in [5.41, 5.74) is 0.562. The van der Waals surface area contributed by atoms with Crippen LogP contribution in [0.4, 0.5) is 0 Å². The summed E-state index contributed by atoms with van der Waals surface area (Å²) in [5, 5.41) is 5.03. The number of aromatic nitrogens is 4. The van der Waals surface area contributed by atoms with Crippen LogP contribution < -0.4 is 5.56 Å². The van der Waals surface area contributed by atoms with Gasteiger partial charge in [0.25, 0.3) is 5.56 Å². The Kier molecular flexibility index (Phi) is 4.25. The molecule has 2 aromatic rings. The van der Waals surface area contributed by atoms with Gasteiger partial charge in [-0.15, -0.1) is 0 Å². The lowest BCUT2D eigenvalue weighted by atomic mass is 9.72. The van der Waals surface area contributed by atoms with Crippen LogP contribution in [0.25, 0.3) is 11.0 Å². The van der Waals surface area contributed by atoms with Crippen molar-refractivity contribution in [3.05, 3.63) is 22.4 Å². The quantitative estimate of drug-likeness (QED) is 0.902. The third-order valence-electron chi connectivity index (χ3n) is 6.76. The minimum atomic E-state index is -0.129. The fraction of sp³-hybridized carbons (Fsp3) is 0.700. The number of amides is 1. The van der Waals surface area contributed by atoms with Crippen LogP contribution in [-0.4, -0.2) is 43.6 Å². The molecule has 7 nitrogen and oxygen atoms in total. The third-order valence-corrected chi connectivity index (χ3v) is 6.76. The molecule has 1 aliphatic heterocycles. The molecule has 144 valence electrons. The molecule has 27 heavy (non-hydrogen) atoms. The molecule has 0 bridgehead atoms. The molecule has 0 radical (unpaired) electrons. The largest absolute Gasteiger partial charge is 0.342 e. The zero-order valence-electron chi connectivity index (χ0n) is 15.7. The van der Waals surface area contributed by atoms with Crippen molar-refractivity contribution in [3.63, 3.8) is 0 Å². The number of carbonyl (C=O) groups excluding carboxylic acids is 1. The maximum atomic E-state index is 12.9. The van der Waals surface area contributed by atoms with Gasteiger partial charge in [0.05, 0.1) is 12.2 Å². The van der Waals surface area contributed by atoms with E-state index < -0.39 is 0 Å². The van der Waals surface area contributed by atoms with Gasteiger partial charge in [0, 0.05) is 24.9 Å². The third kappa shape index (κ3) is 2.87. The highest BCUT2D eigenvalue weighted by Gasteiger charge is 2.41. The first kappa shape index (κ1) is 17.0. The van der Waals surface area contributed by atoms with Gasteiger partial charge in [-0.3, -0.25) is 9.59 Å². The zero-order chi connectivity index (χ0) is 18.4. The van der Waals surface area contributed by atoms with Gasteiger partial charge in [-0.2, -0.15) is 5.10 Å². The number of hydrogen-bond donors (Lipinski definition) is 1. The Morgan fingerprint density at radius 3 is 2.52 bits per heavy atom. The average Bonchev–Trinajstić information content (AvgIpc) is 3.31. The van der Waals surface area contributed by atoms with E-state index in [1.54, 1.807) is 6.20 Å². The van der Waals surface area contributed by atoms with Gasteiger partial charge in [0.15, 0.2) is 5.65 Å². The van der Waals surface area contributed by atoms with Crippen LogP contribution in [0.5, 0.6) is 0 Å². The number of rotatable bonds is 3. The van der Waals surface area contributed by atoms with Crippen molar-refractivity contribution in [2.75, 3.05) is 13.1 Å². The number of aromatic amines is 1. The summed E-state index contributed by atoms with van der Waals surface area (Å²) in [4.78, 5) is 35.3. The van der Waals surface area contributed by atoms with Crippen LogP contribution in [0.15, 0.2) is 11.0 Å². The number of nitrogens with one attached hydrogen (secondary N) is 1. The van der Waals surface area contributed by atoms with Gasteiger partial charge in [-0.25, -0.2) is 9.67 Å². The molecular weight excluding hydrogens is 342 g/mol. The fourth-order valence-corrected chi connectivity index (χ4v) is 5.02. The van der Waals surface area contributed by atoms with Crippen molar-refractivity contribution in [3.8, 4) is 0 Å². The summed E-state index contributed by atoms with van der Waals surface area (Å²) in [6.45, 7) is 1.75. The van der Waals surface area contributed by atoms with Crippen LogP contribution in [0.1, 0.15) is 75.6 Å². The van der Waals surface area contributed by atoms with Crippen LogP contribution in [0, 0.1) is 5.92 Å². The molecule has 2 atom stereocenters. The van der Waals surface area contributed by atoms with Crippen LogP contribution in [0.3, 0.4) is 0 Å². The Bertz CT molecular complexity index is 905. The molecule has 1 N–H and O–H groups in total. The van der Waals surface area contributed by atoms with E-state index in [0.29, 0.717) is 22.9 Å². The minimum absolute atomic E-state index is 0.0310. The van der Waals surface area contributed by atoms with Gasteiger partial charge >= 0.3 is 0 Å². The van der Waals surface area contributed by atoms with E-state index in [-0.39, 0.29) is 23.3 Å². The molecule has 3 fully saturated rings. The maximum Gasteiger partial charge on any atom is 0.262 e. The molecule has 0 spiro atoms. The van der Waals surface area contributed by atoms with Crippen molar-refractivity contribution in [2.24, 2.45) is 5.92 Å². The first-order chi connectivity index (χ1) is 13.2. The molecule has 2 aliphatic carbocycles. The molecule has 2 saturated carbocycles. The number of nitrogens with zero attached hydrogens (tertiary/aromatic N) is 4. The molecule has 0 unspecified atom stereocenters. The van der Waals surface area contributed by atoms with E-state index in [9.17, 15) is 9.59 Å². The highest BCUT2D eigenvalue weighted by atomic mass is 16.2. The maximum absolute atomic E-state index is 12.9. The van der Waals surface area contributed by atoms with Crippen molar-refractivity contribution in [2.45, 2.75) is 69.7 Å². The highest BCUT2D eigenvalue weighted by molar-refractivity contribution is 5.81. The molecule has 1 amide bonds. The number of fused-ring (bicyclic) bond motifs is 1. The predicted molar refractivity (Wildman–Crippen MR) is 102 cm³/mol.